The summed E-state index contributed by atoms with van der Waals surface area (Å²) in [7, 11) is -4.17. The molecule has 0 aliphatic rings. The molecule has 0 saturated heterocycles. The molecule has 0 atom stereocenters. The number of carboxylic acids is 1. The van der Waals surface area contributed by atoms with Crippen molar-refractivity contribution in [1.29, 1.82) is 0 Å². The van der Waals surface area contributed by atoms with Gasteiger partial charge in [0.25, 0.3) is 0 Å². The van der Waals surface area contributed by atoms with E-state index in [1.807, 2.05) is 13.8 Å². The van der Waals surface area contributed by atoms with Gasteiger partial charge in [-0.1, -0.05) is 52.7 Å². The Labute approximate surface area is 134 Å². The molecule has 0 amide bonds. The van der Waals surface area contributed by atoms with E-state index in [1.54, 1.807) is 24.3 Å². The first-order chi connectivity index (χ1) is 10.8. The number of hydrogen-bond acceptors (Lipinski definition) is 5. The van der Waals surface area contributed by atoms with Crippen molar-refractivity contribution >= 4 is 21.8 Å². The number of nitrogens with zero attached hydrogens (tertiary/aromatic N) is 1. The molecule has 23 heavy (non-hydrogen) atoms. The van der Waals surface area contributed by atoms with E-state index in [0.717, 1.165) is 11.1 Å². The average Bonchev–Trinajstić information content (AvgIpc) is 2.49. The van der Waals surface area contributed by atoms with Gasteiger partial charge in [-0.05, 0) is 26.0 Å². The lowest BCUT2D eigenvalue weighted by Gasteiger charge is -2.04. The summed E-state index contributed by atoms with van der Waals surface area (Å²) in [6.45, 7) is 3.66. The largest absolute Gasteiger partial charge is 0.476 e. The van der Waals surface area contributed by atoms with Crippen LogP contribution >= 0.6 is 0 Å². The maximum absolute atomic E-state index is 12.0. The molecule has 0 heterocycles. The Bertz CT molecular complexity index is 837. The molecule has 0 aliphatic heterocycles. The van der Waals surface area contributed by atoms with Crippen LogP contribution < -0.4 is 0 Å². The van der Waals surface area contributed by atoms with Gasteiger partial charge in [0.2, 0.25) is 0 Å². The Balaban J connectivity index is 2.32. The first-order valence-corrected chi connectivity index (χ1v) is 8.09. The van der Waals surface area contributed by atoms with Crippen LogP contribution in [-0.2, 0) is 19.2 Å². The highest BCUT2D eigenvalue weighted by Crippen LogP contribution is 2.14. The van der Waals surface area contributed by atoms with Crippen LogP contribution in [0.15, 0.2) is 58.6 Å². The van der Waals surface area contributed by atoms with Crippen molar-refractivity contribution in [2.75, 3.05) is 0 Å². The molecule has 2 rings (SSSR count). The molecule has 2 aromatic carbocycles. The Morgan fingerprint density at radius 3 is 1.91 bits per heavy atom. The second-order valence-corrected chi connectivity index (χ2v) is 6.48. The van der Waals surface area contributed by atoms with E-state index in [1.165, 1.54) is 24.3 Å². The van der Waals surface area contributed by atoms with Gasteiger partial charge in [-0.3, -0.25) is 4.28 Å². The predicted octanol–water partition coefficient (Wildman–Crippen LogP) is 2.50. The molecule has 0 aliphatic carbocycles. The fraction of sp³-hybridized carbons (Fsp3) is 0.125. The Hall–Kier alpha value is -2.67. The zero-order chi connectivity index (χ0) is 17.0. The van der Waals surface area contributed by atoms with E-state index in [4.69, 9.17) is 0 Å². The summed E-state index contributed by atoms with van der Waals surface area (Å²) in [4.78, 5) is 11.2. The smallest absolute Gasteiger partial charge is 0.358 e. The molecule has 0 unspecified atom stereocenters. The van der Waals surface area contributed by atoms with E-state index in [-0.39, 0.29) is 10.5 Å². The van der Waals surface area contributed by atoms with E-state index < -0.39 is 21.8 Å². The topological polar surface area (TPSA) is 93.0 Å². The highest BCUT2D eigenvalue weighted by Gasteiger charge is 2.19. The molecule has 0 spiro atoms. The van der Waals surface area contributed by atoms with Gasteiger partial charge < -0.3 is 5.11 Å². The Morgan fingerprint density at radius 2 is 1.43 bits per heavy atom. The van der Waals surface area contributed by atoms with E-state index in [0.29, 0.717) is 0 Å². The SMILES string of the molecule is Cc1ccc(C(=NOS(=O)(=O)c2ccc(C)cc2)C(=O)O)cc1. The third kappa shape index (κ3) is 4.17. The number of oxime groups is 1. The van der Waals surface area contributed by atoms with Crippen molar-refractivity contribution in [3.05, 3.63) is 65.2 Å². The van der Waals surface area contributed by atoms with Crippen LogP contribution in [0.25, 0.3) is 0 Å². The molecule has 0 saturated carbocycles. The minimum absolute atomic E-state index is 0.0968. The monoisotopic (exact) mass is 333 g/mol. The van der Waals surface area contributed by atoms with Gasteiger partial charge in [0.05, 0.1) is 0 Å². The van der Waals surface area contributed by atoms with Crippen LogP contribution in [0, 0.1) is 13.8 Å². The van der Waals surface area contributed by atoms with Crippen LogP contribution in [0.5, 0.6) is 0 Å². The van der Waals surface area contributed by atoms with Gasteiger partial charge >= 0.3 is 16.1 Å². The number of carboxylic acid groups (broad SMARTS) is 1. The first-order valence-electron chi connectivity index (χ1n) is 6.68. The zero-order valence-corrected chi connectivity index (χ0v) is 13.4. The summed E-state index contributed by atoms with van der Waals surface area (Å²) in [6, 6.07) is 12.4. The summed E-state index contributed by atoms with van der Waals surface area (Å²) < 4.78 is 28.6. The maximum Gasteiger partial charge on any atom is 0.358 e. The summed E-state index contributed by atoms with van der Waals surface area (Å²) in [5.41, 5.74) is 1.59. The van der Waals surface area contributed by atoms with Crippen molar-refractivity contribution in [3.8, 4) is 0 Å². The zero-order valence-electron chi connectivity index (χ0n) is 12.6. The number of hydrogen-bond donors (Lipinski definition) is 1. The quantitative estimate of drug-likeness (QED) is 0.670. The molecular formula is C16H15NO5S. The van der Waals surface area contributed by atoms with Crippen LogP contribution in [0.3, 0.4) is 0 Å². The van der Waals surface area contributed by atoms with Gasteiger partial charge in [-0.25, -0.2) is 4.79 Å². The summed E-state index contributed by atoms with van der Waals surface area (Å²) in [6.07, 6.45) is 0. The normalized spacial score (nSPS) is 12.0. The number of rotatable bonds is 5. The Kier molecular flexibility index (Phi) is 4.80. The molecule has 0 bridgehead atoms. The van der Waals surface area contributed by atoms with E-state index >= 15 is 0 Å². The highest BCUT2D eigenvalue weighted by atomic mass is 32.2. The van der Waals surface area contributed by atoms with Gasteiger partial charge in [0.1, 0.15) is 4.90 Å². The van der Waals surface area contributed by atoms with E-state index in [9.17, 15) is 18.3 Å². The van der Waals surface area contributed by atoms with Crippen molar-refractivity contribution in [2.45, 2.75) is 18.7 Å². The minimum atomic E-state index is -4.17. The molecule has 7 heteroatoms. The number of aryl methyl sites for hydroxylation is 2. The molecule has 0 fully saturated rings. The first kappa shape index (κ1) is 16.7. The minimum Gasteiger partial charge on any atom is -0.476 e. The van der Waals surface area contributed by atoms with Gasteiger partial charge in [-0.2, -0.15) is 8.42 Å². The summed E-state index contributed by atoms with van der Waals surface area (Å²) in [5, 5.41) is 12.5. The fourth-order valence-corrected chi connectivity index (χ4v) is 2.49. The molecule has 0 aromatic heterocycles. The lowest BCUT2D eigenvalue weighted by Crippen LogP contribution is -2.16. The average molecular weight is 333 g/mol. The molecule has 6 nitrogen and oxygen atoms in total. The number of benzene rings is 2. The third-order valence-corrected chi connectivity index (χ3v) is 4.18. The number of carbonyl (C=O) groups is 1. The van der Waals surface area contributed by atoms with Crippen molar-refractivity contribution < 1.29 is 22.6 Å². The lowest BCUT2D eigenvalue weighted by atomic mass is 10.1. The van der Waals surface area contributed by atoms with Gasteiger partial charge in [0.15, 0.2) is 5.71 Å². The molecule has 1 N–H and O–H groups in total. The highest BCUT2D eigenvalue weighted by molar-refractivity contribution is 7.86. The van der Waals surface area contributed by atoms with Crippen LogP contribution in [0.4, 0.5) is 0 Å². The second kappa shape index (κ2) is 6.62. The predicted molar refractivity (Wildman–Crippen MR) is 84.8 cm³/mol. The van der Waals surface area contributed by atoms with Crippen LogP contribution in [0.2, 0.25) is 0 Å². The summed E-state index contributed by atoms with van der Waals surface area (Å²) in [5.74, 6) is -1.38. The van der Waals surface area contributed by atoms with Crippen molar-refractivity contribution in [2.24, 2.45) is 5.16 Å². The maximum atomic E-state index is 12.0. The Morgan fingerprint density at radius 1 is 0.957 bits per heavy atom. The molecule has 120 valence electrons. The number of aliphatic carboxylic acids is 1. The molecule has 0 radical (unpaired) electrons. The van der Waals surface area contributed by atoms with Gasteiger partial charge in [-0.15, -0.1) is 0 Å². The van der Waals surface area contributed by atoms with Crippen LogP contribution in [0.1, 0.15) is 16.7 Å². The second-order valence-electron chi connectivity index (χ2n) is 4.95. The molecular weight excluding hydrogens is 318 g/mol. The van der Waals surface area contributed by atoms with Gasteiger partial charge in [0, 0.05) is 5.56 Å². The summed E-state index contributed by atoms with van der Waals surface area (Å²) >= 11 is 0. The van der Waals surface area contributed by atoms with Crippen molar-refractivity contribution in [3.63, 3.8) is 0 Å². The standard InChI is InChI=1S/C16H15NO5S/c1-11-3-7-13(8-4-11)15(16(18)19)17-22-23(20,21)14-9-5-12(2)6-10-14/h3-10H,1-2H3,(H,18,19). The fourth-order valence-electron chi connectivity index (χ4n) is 1.76. The molecule has 2 aromatic rings. The van der Waals surface area contributed by atoms with Crippen molar-refractivity contribution in [1.82, 2.24) is 0 Å². The van der Waals surface area contributed by atoms with Crippen LogP contribution in [-0.4, -0.2) is 25.2 Å². The lowest BCUT2D eigenvalue weighted by molar-refractivity contribution is -0.129. The van der Waals surface area contributed by atoms with E-state index in [2.05, 4.69) is 9.44 Å². The third-order valence-electron chi connectivity index (χ3n) is 3.06.